The molecule has 30 heavy (non-hydrogen) atoms. The number of ether oxygens (including phenoxy) is 2. The molecule has 3 rings (SSSR count). The zero-order valence-corrected chi connectivity index (χ0v) is 18.0. The van der Waals surface area contributed by atoms with Crippen molar-refractivity contribution in [1.29, 1.82) is 0 Å². The minimum Gasteiger partial charge on any atom is -0.497 e. The summed E-state index contributed by atoms with van der Waals surface area (Å²) in [6.07, 6.45) is -0.374. The highest BCUT2D eigenvalue weighted by atomic mass is 32.2. The van der Waals surface area contributed by atoms with Gasteiger partial charge in [-0.2, -0.15) is 4.31 Å². The average Bonchev–Trinajstić information content (AvgIpc) is 3.29. The summed E-state index contributed by atoms with van der Waals surface area (Å²) in [5.41, 5.74) is 0. The van der Waals surface area contributed by atoms with Crippen LogP contribution in [0.2, 0.25) is 0 Å². The van der Waals surface area contributed by atoms with Crippen LogP contribution in [0.15, 0.2) is 46.7 Å². The van der Waals surface area contributed by atoms with Gasteiger partial charge in [-0.05, 0) is 42.1 Å². The van der Waals surface area contributed by atoms with Crippen LogP contribution < -0.4 is 15.4 Å². The first-order chi connectivity index (χ1) is 14.4. The number of methoxy groups -OCH3 is 1. The lowest BCUT2D eigenvalue weighted by molar-refractivity contribution is -0.140. The van der Waals surface area contributed by atoms with Crippen molar-refractivity contribution in [2.75, 3.05) is 26.8 Å². The molecule has 0 unspecified atom stereocenters. The predicted molar refractivity (Wildman–Crippen MR) is 110 cm³/mol. The maximum absolute atomic E-state index is 13.0. The minimum absolute atomic E-state index is 0.0961. The van der Waals surface area contributed by atoms with E-state index in [2.05, 4.69) is 10.6 Å². The van der Waals surface area contributed by atoms with Crippen molar-refractivity contribution >= 4 is 33.2 Å². The van der Waals surface area contributed by atoms with Gasteiger partial charge >= 0.3 is 11.8 Å². The van der Waals surface area contributed by atoms with Gasteiger partial charge in [0.2, 0.25) is 10.0 Å². The SMILES string of the molecule is COc1ccc(S(=O)(=O)N2CCCO[C@@H]2CNC(=O)C(=O)NCc2cccs2)cc1. The van der Waals surface area contributed by atoms with Crippen LogP contribution in [0, 0.1) is 0 Å². The number of hydrogen-bond donors (Lipinski definition) is 2. The molecule has 2 aromatic rings. The third-order valence-corrected chi connectivity index (χ3v) is 7.25. The number of nitrogens with zero attached hydrogens (tertiary/aromatic N) is 1. The van der Waals surface area contributed by atoms with E-state index in [9.17, 15) is 18.0 Å². The number of rotatable bonds is 7. The van der Waals surface area contributed by atoms with E-state index in [4.69, 9.17) is 9.47 Å². The second-order valence-corrected chi connectivity index (χ2v) is 9.37. The molecule has 2 heterocycles. The lowest BCUT2D eigenvalue weighted by Crippen LogP contribution is -2.53. The summed E-state index contributed by atoms with van der Waals surface area (Å²) in [5.74, 6) is -1.09. The van der Waals surface area contributed by atoms with Gasteiger partial charge in [0.15, 0.2) is 0 Å². The normalized spacial score (nSPS) is 17.3. The number of hydrogen-bond acceptors (Lipinski definition) is 7. The smallest absolute Gasteiger partial charge is 0.309 e. The van der Waals surface area contributed by atoms with Gasteiger partial charge in [-0.15, -0.1) is 11.3 Å². The predicted octanol–water partition coefficient (Wildman–Crippen LogP) is 0.926. The van der Waals surface area contributed by atoms with E-state index in [1.54, 1.807) is 12.1 Å². The Hall–Kier alpha value is -2.47. The Kier molecular flexibility index (Phi) is 7.43. The van der Waals surface area contributed by atoms with Gasteiger partial charge in [0.1, 0.15) is 12.0 Å². The number of nitrogens with one attached hydrogen (secondary N) is 2. The van der Waals surface area contributed by atoms with E-state index in [0.717, 1.165) is 4.88 Å². The van der Waals surface area contributed by atoms with Gasteiger partial charge in [0.05, 0.1) is 31.7 Å². The van der Waals surface area contributed by atoms with Gasteiger partial charge in [-0.3, -0.25) is 9.59 Å². The highest BCUT2D eigenvalue weighted by molar-refractivity contribution is 7.89. The summed E-state index contributed by atoms with van der Waals surface area (Å²) in [6, 6.07) is 9.73. The topological polar surface area (TPSA) is 114 Å². The van der Waals surface area contributed by atoms with Gasteiger partial charge in [0.25, 0.3) is 0 Å². The van der Waals surface area contributed by atoms with Crippen molar-refractivity contribution in [1.82, 2.24) is 14.9 Å². The fourth-order valence-corrected chi connectivity index (χ4v) is 5.12. The lowest BCUT2D eigenvalue weighted by Gasteiger charge is -2.34. The summed E-state index contributed by atoms with van der Waals surface area (Å²) in [6.45, 7) is 0.724. The summed E-state index contributed by atoms with van der Waals surface area (Å²) in [7, 11) is -2.34. The average molecular weight is 454 g/mol. The number of carbonyl (C=O) groups is 2. The Labute approximate surface area is 179 Å². The lowest BCUT2D eigenvalue weighted by atomic mass is 10.3. The van der Waals surface area contributed by atoms with Gasteiger partial charge in [-0.25, -0.2) is 8.42 Å². The summed E-state index contributed by atoms with van der Waals surface area (Å²) in [5, 5.41) is 6.86. The fraction of sp³-hybridized carbons (Fsp3) is 0.368. The zero-order valence-electron chi connectivity index (χ0n) is 16.4. The number of benzene rings is 1. The molecular weight excluding hydrogens is 430 g/mol. The van der Waals surface area contributed by atoms with Gasteiger partial charge < -0.3 is 20.1 Å². The third kappa shape index (κ3) is 5.36. The molecule has 1 aliphatic heterocycles. The standard InChI is InChI=1S/C19H23N3O6S2/c1-27-14-5-7-16(8-6-14)30(25,26)22-9-3-10-28-17(22)13-21-19(24)18(23)20-12-15-4-2-11-29-15/h2,4-8,11,17H,3,9-10,12-13H2,1H3,(H,20,23)(H,21,24)/t17-/m1/s1. The Bertz CT molecular complexity index is 961. The Morgan fingerprint density at radius 1 is 1.20 bits per heavy atom. The molecule has 0 bridgehead atoms. The number of amides is 2. The fourth-order valence-electron chi connectivity index (χ4n) is 2.91. The molecule has 0 aliphatic carbocycles. The summed E-state index contributed by atoms with van der Waals surface area (Å²) < 4.78 is 37.9. The molecule has 1 aromatic carbocycles. The van der Waals surface area contributed by atoms with E-state index < -0.39 is 28.1 Å². The quantitative estimate of drug-likeness (QED) is 0.603. The van der Waals surface area contributed by atoms with Crippen molar-refractivity contribution in [2.45, 2.75) is 24.1 Å². The zero-order chi connectivity index (χ0) is 21.6. The highest BCUT2D eigenvalue weighted by Gasteiger charge is 2.35. The molecule has 1 aliphatic rings. The van der Waals surface area contributed by atoms with Crippen LogP contribution in [-0.4, -0.2) is 57.6 Å². The second kappa shape index (κ2) is 10.0. The van der Waals surface area contributed by atoms with Gasteiger partial charge in [0, 0.05) is 11.4 Å². The molecule has 2 N–H and O–H groups in total. The first-order valence-corrected chi connectivity index (χ1v) is 11.6. The molecule has 2 amide bonds. The summed E-state index contributed by atoms with van der Waals surface area (Å²) in [4.78, 5) is 25.1. The third-order valence-electron chi connectivity index (χ3n) is 4.47. The summed E-state index contributed by atoms with van der Waals surface area (Å²) >= 11 is 1.47. The van der Waals surface area contributed by atoms with Crippen molar-refractivity contribution in [3.63, 3.8) is 0 Å². The molecule has 0 radical (unpaired) electrons. The maximum atomic E-state index is 13.0. The molecule has 1 saturated heterocycles. The van der Waals surface area contributed by atoms with Crippen LogP contribution in [-0.2, 0) is 30.9 Å². The van der Waals surface area contributed by atoms with E-state index in [0.29, 0.717) is 18.8 Å². The maximum Gasteiger partial charge on any atom is 0.309 e. The molecule has 11 heteroatoms. The van der Waals surface area contributed by atoms with E-state index >= 15 is 0 Å². The van der Waals surface area contributed by atoms with Crippen molar-refractivity contribution in [2.24, 2.45) is 0 Å². The van der Waals surface area contributed by atoms with Crippen LogP contribution in [0.1, 0.15) is 11.3 Å². The van der Waals surface area contributed by atoms with Crippen molar-refractivity contribution < 1.29 is 27.5 Å². The molecule has 162 valence electrons. The first kappa shape index (κ1) is 22.2. The molecule has 9 nitrogen and oxygen atoms in total. The molecule has 1 atom stereocenters. The molecule has 0 saturated carbocycles. The highest BCUT2D eigenvalue weighted by Crippen LogP contribution is 2.23. The van der Waals surface area contributed by atoms with E-state index in [1.807, 2.05) is 17.5 Å². The number of sulfonamides is 1. The monoisotopic (exact) mass is 453 g/mol. The van der Waals surface area contributed by atoms with Crippen LogP contribution in [0.5, 0.6) is 5.75 Å². The van der Waals surface area contributed by atoms with Crippen molar-refractivity contribution in [3.8, 4) is 5.75 Å². The van der Waals surface area contributed by atoms with Crippen molar-refractivity contribution in [3.05, 3.63) is 46.7 Å². The molecule has 1 fully saturated rings. The number of thiophene rings is 1. The second-order valence-electron chi connectivity index (χ2n) is 6.44. The Balaban J connectivity index is 1.60. The Morgan fingerprint density at radius 3 is 2.60 bits per heavy atom. The Morgan fingerprint density at radius 2 is 1.93 bits per heavy atom. The minimum atomic E-state index is -3.84. The van der Waals surface area contributed by atoms with Crippen LogP contribution in [0.25, 0.3) is 0 Å². The van der Waals surface area contributed by atoms with Gasteiger partial charge in [-0.1, -0.05) is 6.07 Å². The van der Waals surface area contributed by atoms with Crippen LogP contribution >= 0.6 is 11.3 Å². The van der Waals surface area contributed by atoms with Crippen LogP contribution in [0.3, 0.4) is 0 Å². The van der Waals surface area contributed by atoms with E-state index in [1.165, 1.54) is 34.9 Å². The first-order valence-electron chi connectivity index (χ1n) is 9.27. The van der Waals surface area contributed by atoms with E-state index in [-0.39, 0.29) is 24.5 Å². The molecule has 1 aromatic heterocycles. The number of carbonyl (C=O) groups excluding carboxylic acids is 2. The molecular formula is C19H23N3O6S2. The largest absolute Gasteiger partial charge is 0.497 e. The van der Waals surface area contributed by atoms with Crippen LogP contribution in [0.4, 0.5) is 0 Å². The molecule has 0 spiro atoms.